The summed E-state index contributed by atoms with van der Waals surface area (Å²) in [7, 11) is 1.34. The van der Waals surface area contributed by atoms with Crippen LogP contribution in [0.2, 0.25) is 0 Å². The molecular weight excluding hydrogens is 454 g/mol. The fourth-order valence-electron chi connectivity index (χ4n) is 4.55. The Bertz CT molecular complexity index is 1190. The fourth-order valence-corrected chi connectivity index (χ4v) is 4.55. The Kier molecular flexibility index (Phi) is 8.00. The number of hydrogen-bond donors (Lipinski definition) is 2. The lowest BCUT2D eigenvalue weighted by atomic mass is 10.0. The van der Waals surface area contributed by atoms with Crippen molar-refractivity contribution in [2.45, 2.75) is 25.3 Å². The van der Waals surface area contributed by atoms with Gasteiger partial charge in [0.1, 0.15) is 18.2 Å². The highest BCUT2D eigenvalue weighted by Gasteiger charge is 2.40. The molecule has 1 heterocycles. The molecule has 3 aromatic rings. The maximum atomic E-state index is 13.1. The third kappa shape index (κ3) is 6.10. The van der Waals surface area contributed by atoms with Gasteiger partial charge in [0.05, 0.1) is 25.5 Å². The van der Waals surface area contributed by atoms with E-state index in [-0.39, 0.29) is 36.1 Å². The molecule has 36 heavy (non-hydrogen) atoms. The molecule has 2 atom stereocenters. The van der Waals surface area contributed by atoms with Crippen molar-refractivity contribution in [3.05, 3.63) is 90.0 Å². The monoisotopic (exact) mass is 485 g/mol. The van der Waals surface area contributed by atoms with Crippen molar-refractivity contribution >= 4 is 17.7 Å². The first-order valence-electron chi connectivity index (χ1n) is 12.0. The van der Waals surface area contributed by atoms with E-state index in [1.54, 1.807) is 0 Å². The van der Waals surface area contributed by atoms with Gasteiger partial charge in [0, 0.05) is 12.1 Å². The van der Waals surface area contributed by atoms with Crippen LogP contribution in [0.1, 0.15) is 24.0 Å². The van der Waals surface area contributed by atoms with Crippen molar-refractivity contribution < 1.29 is 19.1 Å². The number of carbonyl (C=O) groups is 2. The summed E-state index contributed by atoms with van der Waals surface area (Å²) in [5, 5.41) is 7.52. The molecule has 0 aromatic heterocycles. The van der Waals surface area contributed by atoms with Crippen molar-refractivity contribution in [2.24, 2.45) is 11.7 Å². The molecule has 0 unspecified atom stereocenters. The fraction of sp³-hybridized carbons (Fsp3) is 0.276. The van der Waals surface area contributed by atoms with Crippen LogP contribution in [0.3, 0.4) is 0 Å². The molecule has 1 saturated heterocycles. The summed E-state index contributed by atoms with van der Waals surface area (Å²) in [6, 6.07) is 25.2. The smallest absolute Gasteiger partial charge is 0.306 e. The molecule has 1 aliphatic heterocycles. The number of nitrogen functional groups attached to an aromatic ring is 1. The second-order valence-corrected chi connectivity index (χ2v) is 8.96. The van der Waals surface area contributed by atoms with Crippen molar-refractivity contribution in [3.63, 3.8) is 0 Å². The van der Waals surface area contributed by atoms with Gasteiger partial charge in [0.15, 0.2) is 0 Å². The van der Waals surface area contributed by atoms with Crippen LogP contribution in [0.15, 0.2) is 78.9 Å². The number of nitrogens with zero attached hydrogens (tertiary/aromatic N) is 1. The van der Waals surface area contributed by atoms with E-state index in [1.807, 2.05) is 83.8 Å². The molecule has 1 aliphatic rings. The predicted octanol–water partition coefficient (Wildman–Crippen LogP) is 4.04. The molecule has 3 aromatic carbocycles. The Hall–Kier alpha value is -4.13. The van der Waals surface area contributed by atoms with Crippen molar-refractivity contribution in [3.8, 4) is 16.9 Å². The number of amides is 1. The van der Waals surface area contributed by atoms with Crippen LogP contribution in [0, 0.1) is 11.3 Å². The summed E-state index contributed by atoms with van der Waals surface area (Å²) in [5.74, 6) is -0.0189. The summed E-state index contributed by atoms with van der Waals surface area (Å²) in [6.07, 6.45) is 1.39. The Labute approximate surface area is 211 Å². The summed E-state index contributed by atoms with van der Waals surface area (Å²) in [5.41, 5.74) is 9.42. The summed E-state index contributed by atoms with van der Waals surface area (Å²) in [4.78, 5) is 26.8. The van der Waals surface area contributed by atoms with E-state index in [2.05, 4.69) is 0 Å². The van der Waals surface area contributed by atoms with E-state index < -0.39 is 0 Å². The molecule has 3 N–H and O–H groups in total. The number of hydrogen-bond acceptors (Lipinski definition) is 5. The standard InChI is InChI=1S/C29H31N3O4/c1-35-27(33)18-24-17-25(32(29(24)34)16-15-20-5-3-2-4-6-20)19-36-26-13-11-22(12-14-26)21-7-9-23(10-8-21)28(30)31/h2-14,24-25H,15-19H2,1H3,(H3,30,31)/t24-,25-/m0/s1. The average Bonchev–Trinajstić information content (AvgIpc) is 3.20. The van der Waals surface area contributed by atoms with Crippen molar-refractivity contribution in [2.75, 3.05) is 20.3 Å². The number of carbonyl (C=O) groups excluding carboxylic acids is 2. The van der Waals surface area contributed by atoms with E-state index in [4.69, 9.17) is 20.6 Å². The number of esters is 1. The number of benzene rings is 3. The number of nitrogens with two attached hydrogens (primary N) is 1. The van der Waals surface area contributed by atoms with Crippen LogP contribution in [-0.4, -0.2) is 48.9 Å². The van der Waals surface area contributed by atoms with Crippen LogP contribution in [0.4, 0.5) is 0 Å². The van der Waals surface area contributed by atoms with E-state index in [9.17, 15) is 9.59 Å². The van der Waals surface area contributed by atoms with E-state index >= 15 is 0 Å². The Morgan fingerprint density at radius 1 is 1.00 bits per heavy atom. The molecule has 0 spiro atoms. The average molecular weight is 486 g/mol. The highest BCUT2D eigenvalue weighted by atomic mass is 16.5. The number of methoxy groups -OCH3 is 1. The zero-order valence-electron chi connectivity index (χ0n) is 20.4. The lowest BCUT2D eigenvalue weighted by Gasteiger charge is -2.25. The molecule has 7 nitrogen and oxygen atoms in total. The molecule has 0 aliphatic carbocycles. The predicted molar refractivity (Wildman–Crippen MR) is 139 cm³/mol. The third-order valence-corrected chi connectivity index (χ3v) is 6.58. The van der Waals surface area contributed by atoms with Gasteiger partial charge in [-0.1, -0.05) is 66.7 Å². The minimum atomic E-state index is -0.387. The summed E-state index contributed by atoms with van der Waals surface area (Å²) >= 11 is 0. The van der Waals surface area contributed by atoms with Gasteiger partial charge in [-0.2, -0.15) is 0 Å². The van der Waals surface area contributed by atoms with Crippen molar-refractivity contribution in [1.82, 2.24) is 4.90 Å². The molecule has 0 bridgehead atoms. The molecule has 186 valence electrons. The highest BCUT2D eigenvalue weighted by molar-refractivity contribution is 5.95. The minimum Gasteiger partial charge on any atom is -0.491 e. The lowest BCUT2D eigenvalue weighted by Crippen LogP contribution is -2.39. The highest BCUT2D eigenvalue weighted by Crippen LogP contribution is 2.29. The molecule has 0 saturated carbocycles. The van der Waals surface area contributed by atoms with Crippen LogP contribution in [-0.2, 0) is 20.7 Å². The van der Waals surface area contributed by atoms with Gasteiger partial charge in [0.25, 0.3) is 0 Å². The minimum absolute atomic E-state index is 0.0192. The van der Waals surface area contributed by atoms with E-state index in [0.717, 1.165) is 23.1 Å². The Balaban J connectivity index is 1.40. The van der Waals surface area contributed by atoms with E-state index in [1.165, 1.54) is 7.11 Å². The van der Waals surface area contributed by atoms with Gasteiger partial charge in [-0.15, -0.1) is 0 Å². The van der Waals surface area contributed by atoms with Crippen LogP contribution in [0.5, 0.6) is 5.75 Å². The zero-order chi connectivity index (χ0) is 25.5. The molecular formula is C29H31N3O4. The maximum Gasteiger partial charge on any atom is 0.306 e. The first-order chi connectivity index (χ1) is 17.4. The third-order valence-electron chi connectivity index (χ3n) is 6.58. The second kappa shape index (κ2) is 11.5. The molecule has 7 heteroatoms. The van der Waals surface area contributed by atoms with Crippen LogP contribution < -0.4 is 10.5 Å². The quantitative estimate of drug-likeness (QED) is 0.256. The number of nitrogens with one attached hydrogen (secondary N) is 1. The molecule has 1 amide bonds. The first kappa shape index (κ1) is 25.0. The normalized spacial score (nSPS) is 17.1. The molecule has 0 radical (unpaired) electrons. The topological polar surface area (TPSA) is 106 Å². The number of amidine groups is 1. The Morgan fingerprint density at radius 3 is 2.25 bits per heavy atom. The van der Waals surface area contributed by atoms with Crippen LogP contribution in [0.25, 0.3) is 11.1 Å². The van der Waals surface area contributed by atoms with Crippen molar-refractivity contribution in [1.29, 1.82) is 5.41 Å². The summed E-state index contributed by atoms with van der Waals surface area (Å²) < 4.78 is 10.9. The second-order valence-electron chi connectivity index (χ2n) is 8.96. The molecule has 1 fully saturated rings. The van der Waals surface area contributed by atoms with Gasteiger partial charge in [0.2, 0.25) is 5.91 Å². The number of ether oxygens (including phenoxy) is 2. The largest absolute Gasteiger partial charge is 0.491 e. The Morgan fingerprint density at radius 2 is 1.64 bits per heavy atom. The molecule has 4 rings (SSSR count). The van der Waals surface area contributed by atoms with Gasteiger partial charge in [-0.25, -0.2) is 0 Å². The van der Waals surface area contributed by atoms with Gasteiger partial charge in [-0.3, -0.25) is 15.0 Å². The SMILES string of the molecule is COC(=O)C[C@@H]1C[C@@H](COc2ccc(-c3ccc(C(=N)N)cc3)cc2)N(CCc2ccccc2)C1=O. The number of likely N-dealkylation sites (tertiary alicyclic amines) is 1. The van der Waals surface area contributed by atoms with Gasteiger partial charge >= 0.3 is 5.97 Å². The maximum absolute atomic E-state index is 13.1. The summed E-state index contributed by atoms with van der Waals surface area (Å²) in [6.45, 7) is 0.925. The van der Waals surface area contributed by atoms with E-state index in [0.29, 0.717) is 30.9 Å². The lowest BCUT2D eigenvalue weighted by molar-refractivity contribution is -0.144. The van der Waals surface area contributed by atoms with Gasteiger partial charge in [-0.05, 0) is 41.7 Å². The number of rotatable bonds is 10. The first-order valence-corrected chi connectivity index (χ1v) is 12.0. The van der Waals surface area contributed by atoms with Crippen LogP contribution >= 0.6 is 0 Å². The zero-order valence-corrected chi connectivity index (χ0v) is 20.4. The van der Waals surface area contributed by atoms with Gasteiger partial charge < -0.3 is 20.1 Å².